The lowest BCUT2D eigenvalue weighted by atomic mass is 10.1. The van der Waals surface area contributed by atoms with Crippen LogP contribution in [-0.4, -0.2) is 41.3 Å². The predicted octanol–water partition coefficient (Wildman–Crippen LogP) is 6.40. The maximum atomic E-state index is 12.8. The molecule has 0 aliphatic heterocycles. The van der Waals surface area contributed by atoms with Crippen LogP contribution < -0.4 is 21.3 Å². The smallest absolute Gasteiger partial charge is 0.414 e. The number of carbonyl (C=O) groups is 4. The molecule has 45 heavy (non-hydrogen) atoms. The van der Waals surface area contributed by atoms with E-state index in [4.69, 9.17) is 14.2 Å². The molecule has 0 aliphatic carbocycles. The summed E-state index contributed by atoms with van der Waals surface area (Å²) in [4.78, 5) is 53.7. The van der Waals surface area contributed by atoms with E-state index in [2.05, 4.69) is 26.3 Å². The number of ether oxygens (including phenoxy) is 3. The Hall–Kier alpha value is -5.39. The number of hydrogen-bond acceptors (Lipinski definition) is 8. The normalized spacial score (nSPS) is 11.0. The first-order chi connectivity index (χ1) is 21.1. The van der Waals surface area contributed by atoms with Gasteiger partial charge in [0.25, 0.3) is 5.91 Å². The van der Waals surface area contributed by atoms with E-state index in [1.54, 1.807) is 90.1 Å². The Balaban J connectivity index is 1.57. The Morgan fingerprint density at radius 2 is 1.22 bits per heavy atom. The molecule has 0 bridgehead atoms. The van der Waals surface area contributed by atoms with Crippen molar-refractivity contribution >= 4 is 41.5 Å². The number of carbonyl (C=O) groups excluding carboxylic acids is 4. The molecule has 0 spiro atoms. The van der Waals surface area contributed by atoms with Crippen molar-refractivity contribution in [1.29, 1.82) is 0 Å². The highest BCUT2D eigenvalue weighted by Crippen LogP contribution is 2.16. The quantitative estimate of drug-likeness (QED) is 0.136. The van der Waals surface area contributed by atoms with Gasteiger partial charge in [-0.25, -0.2) is 19.4 Å². The molecular formula is C33H39N5O7. The van der Waals surface area contributed by atoms with Gasteiger partial charge in [0.05, 0.1) is 5.69 Å². The first-order valence-corrected chi connectivity index (χ1v) is 14.2. The van der Waals surface area contributed by atoms with Gasteiger partial charge in [0.1, 0.15) is 17.8 Å². The van der Waals surface area contributed by atoms with Crippen molar-refractivity contribution in [3.05, 3.63) is 95.6 Å². The zero-order chi connectivity index (χ0) is 33.0. The summed E-state index contributed by atoms with van der Waals surface area (Å²) in [6.07, 6.45) is -2.17. The van der Waals surface area contributed by atoms with Crippen LogP contribution in [0.3, 0.4) is 0 Å². The number of benzene rings is 3. The van der Waals surface area contributed by atoms with Crippen LogP contribution in [0.25, 0.3) is 0 Å². The van der Waals surface area contributed by atoms with Crippen molar-refractivity contribution in [1.82, 2.24) is 16.0 Å². The molecule has 0 unspecified atom stereocenters. The van der Waals surface area contributed by atoms with Crippen molar-refractivity contribution in [3.8, 4) is 0 Å². The first-order valence-electron chi connectivity index (χ1n) is 14.2. The highest BCUT2D eigenvalue weighted by molar-refractivity contribution is 6.05. The van der Waals surface area contributed by atoms with Crippen LogP contribution in [0.2, 0.25) is 0 Å². The number of rotatable bonds is 7. The van der Waals surface area contributed by atoms with Crippen molar-refractivity contribution in [3.63, 3.8) is 0 Å². The van der Waals surface area contributed by atoms with Crippen molar-refractivity contribution < 1.29 is 33.4 Å². The fourth-order valence-corrected chi connectivity index (χ4v) is 3.56. The lowest BCUT2D eigenvalue weighted by Crippen LogP contribution is -2.47. The van der Waals surface area contributed by atoms with Gasteiger partial charge in [0, 0.05) is 17.8 Å². The number of alkyl carbamates (subject to hydrolysis) is 3. The monoisotopic (exact) mass is 617 g/mol. The van der Waals surface area contributed by atoms with Crippen molar-refractivity contribution in [2.45, 2.75) is 65.9 Å². The lowest BCUT2D eigenvalue weighted by Gasteiger charge is -2.22. The van der Waals surface area contributed by atoms with Gasteiger partial charge in [-0.05, 0) is 89.1 Å². The molecule has 3 rings (SSSR count). The third-order valence-corrected chi connectivity index (χ3v) is 5.47. The summed E-state index contributed by atoms with van der Waals surface area (Å²) < 4.78 is 15.7. The maximum Gasteiger partial charge on any atom is 0.414 e. The Bertz CT molecular complexity index is 1460. The lowest BCUT2D eigenvalue weighted by molar-refractivity contribution is 0.0544. The molecule has 3 aromatic rings. The van der Waals surface area contributed by atoms with Crippen LogP contribution in [0.5, 0.6) is 0 Å². The molecule has 0 saturated heterocycles. The summed E-state index contributed by atoms with van der Waals surface area (Å²) in [6.45, 7) is 10.6. The summed E-state index contributed by atoms with van der Waals surface area (Å²) in [5.41, 5.74) is 1.42. The van der Waals surface area contributed by atoms with Crippen LogP contribution in [0, 0.1) is 0 Å². The predicted molar refractivity (Wildman–Crippen MR) is 170 cm³/mol. The van der Waals surface area contributed by atoms with Gasteiger partial charge < -0.3 is 24.8 Å². The van der Waals surface area contributed by atoms with Gasteiger partial charge in [-0.3, -0.25) is 15.4 Å². The number of aliphatic imine (C=N–C) groups is 1. The van der Waals surface area contributed by atoms with Crippen molar-refractivity contribution in [2.24, 2.45) is 4.99 Å². The number of hydrogen-bond donors (Lipinski definition) is 4. The standard InChI is InChI=1S/C33H39N5O7/c1-32(2,3)44-30(41)37-28(38-31(42)45-33(4,5)6)36-26-18-14-24(15-19-26)27(39)35-25-16-12-22(13-17-25)20-34-29(40)43-21-23-10-8-7-9-11-23/h7-19H,20-21H2,1-6H3,(H,34,40)(H,35,39)(H2,36,37,38,41,42). The van der Waals surface area contributed by atoms with E-state index in [0.717, 1.165) is 11.1 Å². The second-order valence-corrected chi connectivity index (χ2v) is 11.8. The first kappa shape index (κ1) is 34.1. The highest BCUT2D eigenvalue weighted by Gasteiger charge is 2.21. The molecule has 0 aromatic heterocycles. The number of nitrogens with zero attached hydrogens (tertiary/aromatic N) is 1. The third-order valence-electron chi connectivity index (χ3n) is 5.47. The Labute approximate surface area is 262 Å². The fraction of sp³-hybridized carbons (Fsp3) is 0.303. The van der Waals surface area contributed by atoms with Crippen LogP contribution >= 0.6 is 0 Å². The second-order valence-electron chi connectivity index (χ2n) is 11.8. The molecule has 0 heterocycles. The average Bonchev–Trinajstić information content (AvgIpc) is 2.94. The number of anilines is 1. The summed E-state index contributed by atoms with van der Waals surface area (Å²) >= 11 is 0. The van der Waals surface area contributed by atoms with Crippen LogP contribution in [0.15, 0.2) is 83.9 Å². The van der Waals surface area contributed by atoms with E-state index in [0.29, 0.717) is 16.9 Å². The minimum atomic E-state index is -0.821. The summed E-state index contributed by atoms with van der Waals surface area (Å²) in [5.74, 6) is -0.574. The molecular weight excluding hydrogens is 578 g/mol. The zero-order valence-electron chi connectivity index (χ0n) is 26.2. The molecule has 0 radical (unpaired) electrons. The van der Waals surface area contributed by atoms with Gasteiger partial charge >= 0.3 is 18.3 Å². The minimum absolute atomic E-state index is 0.179. The zero-order valence-corrected chi connectivity index (χ0v) is 26.2. The molecule has 12 nitrogen and oxygen atoms in total. The summed E-state index contributed by atoms with van der Waals surface area (Å²) in [6, 6.07) is 22.6. The molecule has 4 N–H and O–H groups in total. The van der Waals surface area contributed by atoms with Gasteiger partial charge in [-0.1, -0.05) is 42.5 Å². The van der Waals surface area contributed by atoms with Gasteiger partial charge in [-0.15, -0.1) is 0 Å². The molecule has 238 valence electrons. The molecule has 3 aromatic carbocycles. The van der Waals surface area contributed by atoms with Crippen molar-refractivity contribution in [2.75, 3.05) is 5.32 Å². The van der Waals surface area contributed by atoms with Crippen LogP contribution in [-0.2, 0) is 27.4 Å². The van der Waals surface area contributed by atoms with E-state index in [-0.39, 0.29) is 25.0 Å². The topological polar surface area (TPSA) is 156 Å². The largest absolute Gasteiger partial charge is 0.445 e. The van der Waals surface area contributed by atoms with Crippen LogP contribution in [0.1, 0.15) is 63.0 Å². The molecule has 0 aliphatic rings. The van der Waals surface area contributed by atoms with Gasteiger partial charge in [0.15, 0.2) is 0 Å². The van der Waals surface area contributed by atoms with Crippen LogP contribution in [0.4, 0.5) is 25.8 Å². The Kier molecular flexibility index (Phi) is 11.6. The molecule has 0 atom stereocenters. The van der Waals surface area contributed by atoms with E-state index >= 15 is 0 Å². The number of nitrogens with one attached hydrogen (secondary N) is 4. The number of amides is 4. The SMILES string of the molecule is CC(C)(C)OC(=O)NC(=Nc1ccc(C(=O)Nc2ccc(CNC(=O)OCc3ccccc3)cc2)cc1)NC(=O)OC(C)(C)C. The maximum absolute atomic E-state index is 12.8. The van der Waals surface area contributed by atoms with Gasteiger partial charge in [-0.2, -0.15) is 0 Å². The van der Waals surface area contributed by atoms with E-state index < -0.39 is 29.5 Å². The number of guanidine groups is 1. The Morgan fingerprint density at radius 3 is 1.76 bits per heavy atom. The van der Waals surface area contributed by atoms with E-state index in [9.17, 15) is 19.2 Å². The molecule has 0 fully saturated rings. The van der Waals surface area contributed by atoms with Gasteiger partial charge in [0.2, 0.25) is 5.96 Å². The molecule has 12 heteroatoms. The highest BCUT2D eigenvalue weighted by atomic mass is 16.6. The Morgan fingerprint density at radius 1 is 0.667 bits per heavy atom. The summed E-state index contributed by atoms with van der Waals surface area (Å²) in [7, 11) is 0. The summed E-state index contributed by atoms with van der Waals surface area (Å²) in [5, 5.41) is 10.3. The van der Waals surface area contributed by atoms with E-state index in [1.807, 2.05) is 30.3 Å². The molecule has 0 saturated carbocycles. The van der Waals surface area contributed by atoms with E-state index in [1.165, 1.54) is 0 Å². The minimum Gasteiger partial charge on any atom is -0.445 e. The fourth-order valence-electron chi connectivity index (χ4n) is 3.56. The third kappa shape index (κ3) is 13.2. The molecule has 4 amide bonds. The average molecular weight is 618 g/mol. The second kappa shape index (κ2) is 15.4.